The number of benzene rings is 1. The number of hydrogen-bond acceptors (Lipinski definition) is 2. The number of para-hydroxylation sites is 1. The maximum absolute atomic E-state index is 5.60. The first-order valence-electron chi connectivity index (χ1n) is 4.36. The highest BCUT2D eigenvalue weighted by molar-refractivity contribution is 5.37. The van der Waals surface area contributed by atoms with Crippen LogP contribution < -0.4 is 4.84 Å². The summed E-state index contributed by atoms with van der Waals surface area (Å²) in [4.78, 5) is 5.60. The van der Waals surface area contributed by atoms with Crippen LogP contribution in [-0.2, 0) is 0 Å². The molecule has 64 valence electrons. The SMILES string of the molecule is CCN1Oc2ccccc2C1C. The van der Waals surface area contributed by atoms with Gasteiger partial charge in [-0.25, -0.2) is 0 Å². The Hall–Kier alpha value is -1.02. The summed E-state index contributed by atoms with van der Waals surface area (Å²) in [7, 11) is 0. The van der Waals surface area contributed by atoms with Gasteiger partial charge in [0.05, 0.1) is 6.04 Å². The van der Waals surface area contributed by atoms with Crippen LogP contribution in [0.3, 0.4) is 0 Å². The topological polar surface area (TPSA) is 12.5 Å². The van der Waals surface area contributed by atoms with Crippen LogP contribution in [0.2, 0.25) is 0 Å². The average Bonchev–Trinajstić information content (AvgIpc) is 2.44. The molecule has 0 spiro atoms. The van der Waals surface area contributed by atoms with Crippen molar-refractivity contribution in [1.82, 2.24) is 5.06 Å². The molecule has 2 rings (SSSR count). The van der Waals surface area contributed by atoms with E-state index in [0.29, 0.717) is 6.04 Å². The fraction of sp³-hybridized carbons (Fsp3) is 0.400. The molecule has 1 aromatic carbocycles. The fourth-order valence-corrected chi connectivity index (χ4v) is 1.61. The molecule has 0 saturated carbocycles. The van der Waals surface area contributed by atoms with Gasteiger partial charge >= 0.3 is 0 Å². The molecule has 2 heteroatoms. The first kappa shape index (κ1) is 7.62. The van der Waals surface area contributed by atoms with Crippen molar-refractivity contribution in [2.75, 3.05) is 6.54 Å². The lowest BCUT2D eigenvalue weighted by Crippen LogP contribution is -2.23. The Bertz CT molecular complexity index is 285. The Kier molecular flexibility index (Phi) is 1.77. The lowest BCUT2D eigenvalue weighted by molar-refractivity contribution is -0.0607. The molecule has 0 amide bonds. The van der Waals surface area contributed by atoms with Gasteiger partial charge < -0.3 is 4.84 Å². The van der Waals surface area contributed by atoms with E-state index in [-0.39, 0.29) is 0 Å². The van der Waals surface area contributed by atoms with Crippen LogP contribution in [0.4, 0.5) is 0 Å². The van der Waals surface area contributed by atoms with Gasteiger partial charge in [-0.1, -0.05) is 18.2 Å². The Balaban J connectivity index is 2.35. The molecule has 0 fully saturated rings. The minimum Gasteiger partial charge on any atom is -0.405 e. The molecule has 0 N–H and O–H groups in total. The quantitative estimate of drug-likeness (QED) is 0.630. The smallest absolute Gasteiger partial charge is 0.152 e. The molecule has 0 radical (unpaired) electrons. The lowest BCUT2D eigenvalue weighted by Gasteiger charge is -2.16. The van der Waals surface area contributed by atoms with Crippen molar-refractivity contribution >= 4 is 0 Å². The van der Waals surface area contributed by atoms with E-state index in [0.717, 1.165) is 12.3 Å². The monoisotopic (exact) mass is 163 g/mol. The van der Waals surface area contributed by atoms with Crippen molar-refractivity contribution in [3.63, 3.8) is 0 Å². The molecular weight excluding hydrogens is 150 g/mol. The summed E-state index contributed by atoms with van der Waals surface area (Å²) in [5, 5.41) is 1.99. The van der Waals surface area contributed by atoms with Crippen LogP contribution in [0, 0.1) is 0 Å². The number of nitrogens with zero attached hydrogens (tertiary/aromatic N) is 1. The van der Waals surface area contributed by atoms with Gasteiger partial charge in [0, 0.05) is 12.1 Å². The molecule has 1 aromatic rings. The van der Waals surface area contributed by atoms with E-state index >= 15 is 0 Å². The summed E-state index contributed by atoms with van der Waals surface area (Å²) in [5.41, 5.74) is 1.29. The third kappa shape index (κ3) is 0.994. The van der Waals surface area contributed by atoms with E-state index in [4.69, 9.17) is 4.84 Å². The van der Waals surface area contributed by atoms with E-state index in [1.54, 1.807) is 0 Å². The minimum absolute atomic E-state index is 0.395. The largest absolute Gasteiger partial charge is 0.405 e. The van der Waals surface area contributed by atoms with Crippen molar-refractivity contribution in [1.29, 1.82) is 0 Å². The third-order valence-corrected chi connectivity index (χ3v) is 2.33. The highest BCUT2D eigenvalue weighted by Crippen LogP contribution is 2.35. The van der Waals surface area contributed by atoms with Gasteiger partial charge in [0.2, 0.25) is 0 Å². The molecule has 0 aromatic heterocycles. The molecule has 0 saturated heterocycles. The summed E-state index contributed by atoms with van der Waals surface area (Å²) in [6, 6.07) is 8.59. The molecule has 0 aliphatic carbocycles. The normalized spacial score (nSPS) is 22.0. The average molecular weight is 163 g/mol. The van der Waals surface area contributed by atoms with Gasteiger partial charge in [-0.2, -0.15) is 0 Å². The Morgan fingerprint density at radius 1 is 1.42 bits per heavy atom. The van der Waals surface area contributed by atoms with Crippen LogP contribution in [0.5, 0.6) is 5.75 Å². The molecule has 2 nitrogen and oxygen atoms in total. The van der Waals surface area contributed by atoms with Crippen molar-refractivity contribution in [3.8, 4) is 5.75 Å². The summed E-state index contributed by atoms with van der Waals surface area (Å²) >= 11 is 0. The van der Waals surface area contributed by atoms with Crippen LogP contribution >= 0.6 is 0 Å². The van der Waals surface area contributed by atoms with Gasteiger partial charge in [-0.15, -0.1) is 5.06 Å². The first-order valence-corrected chi connectivity index (χ1v) is 4.36. The zero-order valence-corrected chi connectivity index (χ0v) is 7.45. The molecule has 1 unspecified atom stereocenters. The van der Waals surface area contributed by atoms with Crippen molar-refractivity contribution in [3.05, 3.63) is 29.8 Å². The van der Waals surface area contributed by atoms with Gasteiger partial charge in [0.15, 0.2) is 5.75 Å². The maximum Gasteiger partial charge on any atom is 0.152 e. The van der Waals surface area contributed by atoms with Crippen LogP contribution in [0.25, 0.3) is 0 Å². The minimum atomic E-state index is 0.395. The summed E-state index contributed by atoms with van der Waals surface area (Å²) in [6.45, 7) is 5.19. The number of hydrogen-bond donors (Lipinski definition) is 0. The van der Waals surface area contributed by atoms with Gasteiger partial charge in [0.25, 0.3) is 0 Å². The molecular formula is C10H13NO. The zero-order valence-electron chi connectivity index (χ0n) is 7.45. The van der Waals surface area contributed by atoms with E-state index in [1.807, 2.05) is 17.2 Å². The summed E-state index contributed by atoms with van der Waals surface area (Å²) in [6.07, 6.45) is 0. The van der Waals surface area contributed by atoms with E-state index < -0.39 is 0 Å². The van der Waals surface area contributed by atoms with E-state index in [9.17, 15) is 0 Å². The van der Waals surface area contributed by atoms with Gasteiger partial charge in [-0.3, -0.25) is 0 Å². The molecule has 1 heterocycles. The highest BCUT2D eigenvalue weighted by atomic mass is 16.7. The van der Waals surface area contributed by atoms with Crippen LogP contribution in [-0.4, -0.2) is 11.6 Å². The highest BCUT2D eigenvalue weighted by Gasteiger charge is 2.26. The fourth-order valence-electron chi connectivity index (χ4n) is 1.61. The van der Waals surface area contributed by atoms with E-state index in [1.165, 1.54) is 5.56 Å². The standard InChI is InChI=1S/C10H13NO/c1-3-11-8(2)9-6-4-5-7-10(9)12-11/h4-8H,3H2,1-2H3. The third-order valence-electron chi connectivity index (χ3n) is 2.33. The predicted molar refractivity (Wildman–Crippen MR) is 47.9 cm³/mol. The first-order chi connectivity index (χ1) is 5.83. The Morgan fingerprint density at radius 2 is 2.17 bits per heavy atom. The van der Waals surface area contributed by atoms with Crippen LogP contribution in [0.15, 0.2) is 24.3 Å². The van der Waals surface area contributed by atoms with Crippen molar-refractivity contribution in [2.24, 2.45) is 0 Å². The maximum atomic E-state index is 5.60. The lowest BCUT2D eigenvalue weighted by atomic mass is 10.1. The van der Waals surface area contributed by atoms with Gasteiger partial charge in [0.1, 0.15) is 0 Å². The second kappa shape index (κ2) is 2.79. The predicted octanol–water partition coefficient (Wildman–Crippen LogP) is 2.38. The van der Waals surface area contributed by atoms with Gasteiger partial charge in [-0.05, 0) is 19.9 Å². The molecule has 12 heavy (non-hydrogen) atoms. The van der Waals surface area contributed by atoms with Crippen molar-refractivity contribution < 1.29 is 4.84 Å². The second-order valence-electron chi connectivity index (χ2n) is 3.04. The Labute approximate surface area is 72.7 Å². The number of fused-ring (bicyclic) bond motifs is 1. The van der Waals surface area contributed by atoms with Crippen molar-refractivity contribution in [2.45, 2.75) is 19.9 Å². The summed E-state index contributed by atoms with van der Waals surface area (Å²) < 4.78 is 0. The number of rotatable bonds is 1. The second-order valence-corrected chi connectivity index (χ2v) is 3.04. The molecule has 0 bridgehead atoms. The van der Waals surface area contributed by atoms with Crippen LogP contribution in [0.1, 0.15) is 25.5 Å². The zero-order chi connectivity index (χ0) is 8.55. The summed E-state index contributed by atoms with van der Waals surface area (Å²) in [5.74, 6) is 1.01. The van der Waals surface area contributed by atoms with E-state index in [2.05, 4.69) is 26.0 Å². The number of hydroxylamine groups is 2. The molecule has 1 atom stereocenters. The Morgan fingerprint density at radius 3 is 2.83 bits per heavy atom. The molecule has 1 aliphatic heterocycles. The molecule has 1 aliphatic rings.